The van der Waals surface area contributed by atoms with Crippen LogP contribution < -0.4 is 0 Å². The van der Waals surface area contributed by atoms with Crippen molar-refractivity contribution in [1.29, 1.82) is 5.26 Å². The quantitative estimate of drug-likeness (QED) is 0.541. The molecule has 6 heteroatoms. The molecule has 0 radical (unpaired) electrons. The molecule has 4 saturated carbocycles. The van der Waals surface area contributed by atoms with Gasteiger partial charge < -0.3 is 9.47 Å². The number of hydrogen-bond donors (Lipinski definition) is 0. The first kappa shape index (κ1) is 17.8. The third-order valence-corrected chi connectivity index (χ3v) is 6.38. The maximum atomic E-state index is 14.2. The van der Waals surface area contributed by atoms with Crippen molar-refractivity contribution in [2.45, 2.75) is 64.0 Å². The Balaban J connectivity index is 1.98. The third-order valence-electron chi connectivity index (χ3n) is 6.38. The molecular weight excluding hydrogens is 319 g/mol. The molecule has 3 unspecified atom stereocenters. The molecule has 0 N–H and O–H groups in total. The van der Waals surface area contributed by atoms with Gasteiger partial charge in [0.15, 0.2) is 11.9 Å². The van der Waals surface area contributed by atoms with Crippen LogP contribution in [-0.2, 0) is 9.47 Å². The summed E-state index contributed by atoms with van der Waals surface area (Å²) in [7, 11) is 0. The van der Waals surface area contributed by atoms with Gasteiger partial charge >= 0.3 is 6.18 Å². The molecule has 0 aromatic carbocycles. The van der Waals surface area contributed by atoms with Crippen LogP contribution in [0.1, 0.15) is 46.0 Å². The first-order valence-corrected chi connectivity index (χ1v) is 8.64. The second-order valence-corrected chi connectivity index (χ2v) is 7.65. The number of allylic oxidation sites excluding steroid dienone is 1. The van der Waals surface area contributed by atoms with Crippen molar-refractivity contribution in [2.24, 2.45) is 23.2 Å². The van der Waals surface area contributed by atoms with E-state index in [1.165, 1.54) is 6.92 Å². The van der Waals surface area contributed by atoms with Crippen molar-refractivity contribution in [2.75, 3.05) is 6.61 Å². The summed E-state index contributed by atoms with van der Waals surface area (Å²) in [6.45, 7) is 7.44. The topological polar surface area (TPSA) is 42.2 Å². The lowest BCUT2D eigenvalue weighted by Crippen LogP contribution is -2.69. The number of ether oxygens (including phenoxy) is 2. The van der Waals surface area contributed by atoms with Crippen LogP contribution in [0.2, 0.25) is 0 Å². The van der Waals surface area contributed by atoms with E-state index in [0.29, 0.717) is 37.9 Å². The van der Waals surface area contributed by atoms with E-state index in [9.17, 15) is 18.4 Å². The minimum atomic E-state index is -4.45. The second kappa shape index (κ2) is 5.74. The van der Waals surface area contributed by atoms with Crippen LogP contribution >= 0.6 is 0 Å². The molecule has 4 bridgehead atoms. The minimum absolute atomic E-state index is 0.231. The molecule has 24 heavy (non-hydrogen) atoms. The molecular formula is C18H24F3NO2. The highest BCUT2D eigenvalue weighted by molar-refractivity contribution is 5.32. The summed E-state index contributed by atoms with van der Waals surface area (Å²) in [6.07, 6.45) is -2.86. The molecule has 0 aliphatic heterocycles. The first-order chi connectivity index (χ1) is 11.2. The van der Waals surface area contributed by atoms with Crippen LogP contribution in [0, 0.1) is 34.5 Å². The van der Waals surface area contributed by atoms with Gasteiger partial charge in [0, 0.05) is 17.6 Å². The zero-order chi connectivity index (χ0) is 17.8. The van der Waals surface area contributed by atoms with Crippen molar-refractivity contribution in [1.82, 2.24) is 0 Å². The summed E-state index contributed by atoms with van der Waals surface area (Å²) in [4.78, 5) is 0. The highest BCUT2D eigenvalue weighted by Gasteiger charge is 2.73. The van der Waals surface area contributed by atoms with Gasteiger partial charge in [-0.05, 0) is 63.7 Å². The Morgan fingerprint density at radius 1 is 1.29 bits per heavy atom. The average molecular weight is 343 g/mol. The zero-order valence-electron chi connectivity index (χ0n) is 14.2. The van der Waals surface area contributed by atoms with Gasteiger partial charge in [-0.2, -0.15) is 18.4 Å². The Hall–Kier alpha value is -1.06. The molecule has 134 valence electrons. The second-order valence-electron chi connectivity index (χ2n) is 7.65. The highest BCUT2D eigenvalue weighted by Crippen LogP contribution is 2.69. The van der Waals surface area contributed by atoms with E-state index in [-0.39, 0.29) is 5.92 Å². The van der Waals surface area contributed by atoms with E-state index in [2.05, 4.69) is 12.6 Å². The van der Waals surface area contributed by atoms with Crippen molar-refractivity contribution in [3.8, 4) is 6.07 Å². The fraction of sp³-hybridized carbons (Fsp3) is 0.833. The summed E-state index contributed by atoms with van der Waals surface area (Å²) in [5.74, 6) is -1.03. The maximum absolute atomic E-state index is 14.2. The highest BCUT2D eigenvalue weighted by atomic mass is 19.4. The number of alkyl halides is 3. The van der Waals surface area contributed by atoms with Crippen LogP contribution in [-0.4, -0.2) is 24.7 Å². The van der Waals surface area contributed by atoms with Crippen molar-refractivity contribution in [3.05, 3.63) is 12.2 Å². The van der Waals surface area contributed by atoms with Crippen LogP contribution in [0.15, 0.2) is 12.2 Å². The van der Waals surface area contributed by atoms with E-state index >= 15 is 0 Å². The maximum Gasteiger partial charge on any atom is 0.418 e. The molecule has 0 spiro atoms. The summed E-state index contributed by atoms with van der Waals surface area (Å²) in [5, 5.41) is 9.28. The number of nitrogens with zero attached hydrogens (tertiary/aromatic N) is 1. The predicted octanol–water partition coefficient (Wildman–Crippen LogP) is 4.59. The number of hydrogen-bond acceptors (Lipinski definition) is 3. The number of halogens is 3. The van der Waals surface area contributed by atoms with E-state index in [1.54, 1.807) is 6.92 Å². The average Bonchev–Trinajstić information content (AvgIpc) is 2.48. The molecule has 4 aliphatic carbocycles. The largest absolute Gasteiger partial charge is 0.418 e. The van der Waals surface area contributed by atoms with Crippen LogP contribution in [0.4, 0.5) is 13.2 Å². The van der Waals surface area contributed by atoms with Crippen molar-refractivity contribution >= 4 is 0 Å². The number of rotatable bonds is 5. The van der Waals surface area contributed by atoms with Gasteiger partial charge in [0.05, 0.1) is 6.07 Å². The summed E-state index contributed by atoms with van der Waals surface area (Å²) in [6, 6.07) is 2.11. The Morgan fingerprint density at radius 3 is 2.33 bits per heavy atom. The summed E-state index contributed by atoms with van der Waals surface area (Å²) < 4.78 is 53.5. The minimum Gasteiger partial charge on any atom is -0.353 e. The molecule has 0 amide bonds. The molecule has 0 aromatic rings. The summed E-state index contributed by atoms with van der Waals surface area (Å²) in [5.41, 5.74) is -2.17. The number of nitriles is 1. The molecule has 3 nitrogen and oxygen atoms in total. The molecule has 0 heterocycles. The van der Waals surface area contributed by atoms with E-state index in [1.807, 2.05) is 0 Å². The lowest BCUT2D eigenvalue weighted by atomic mass is 9.43. The summed E-state index contributed by atoms with van der Waals surface area (Å²) >= 11 is 0. The molecule has 0 aromatic heterocycles. The van der Waals surface area contributed by atoms with Crippen LogP contribution in [0.5, 0.6) is 0 Å². The monoisotopic (exact) mass is 343 g/mol. The van der Waals surface area contributed by atoms with Gasteiger partial charge in [-0.3, -0.25) is 0 Å². The first-order valence-electron chi connectivity index (χ1n) is 8.64. The molecule has 3 atom stereocenters. The smallest absolute Gasteiger partial charge is 0.353 e. The Bertz CT molecular complexity index is 550. The van der Waals surface area contributed by atoms with Gasteiger partial charge in [0.1, 0.15) is 0 Å². The SMILES string of the molecule is C=C(C#N)C12CC3CC(C1)C(OC(C)OCC)(C(F)(F)F)C(C3)C2. The molecule has 4 rings (SSSR count). The van der Waals surface area contributed by atoms with Crippen LogP contribution in [0.3, 0.4) is 0 Å². The van der Waals surface area contributed by atoms with Gasteiger partial charge in [0.2, 0.25) is 0 Å². The Morgan fingerprint density at radius 2 is 1.88 bits per heavy atom. The lowest BCUT2D eigenvalue weighted by molar-refractivity contribution is -0.383. The third kappa shape index (κ3) is 2.40. The fourth-order valence-corrected chi connectivity index (χ4v) is 5.72. The van der Waals surface area contributed by atoms with Crippen LogP contribution in [0.25, 0.3) is 0 Å². The van der Waals surface area contributed by atoms with Crippen molar-refractivity contribution < 1.29 is 22.6 Å². The van der Waals surface area contributed by atoms with E-state index < -0.39 is 35.3 Å². The standard InChI is InChI=1S/C18H24F3NO2/c1-4-23-12(3)24-17(18(19,20)21)14-5-13-6-15(17)9-16(7-13,8-14)11(2)10-22/h12-15H,2,4-9H2,1,3H3. The van der Waals surface area contributed by atoms with Gasteiger partial charge in [0.25, 0.3) is 0 Å². The molecule has 4 aliphatic rings. The zero-order valence-corrected chi connectivity index (χ0v) is 14.2. The van der Waals surface area contributed by atoms with E-state index in [4.69, 9.17) is 9.47 Å². The van der Waals surface area contributed by atoms with Gasteiger partial charge in [-0.15, -0.1) is 0 Å². The Kier molecular flexibility index (Phi) is 4.25. The van der Waals surface area contributed by atoms with Gasteiger partial charge in [-0.1, -0.05) is 6.58 Å². The Labute approximate surface area is 140 Å². The van der Waals surface area contributed by atoms with Crippen molar-refractivity contribution in [3.63, 3.8) is 0 Å². The van der Waals surface area contributed by atoms with Gasteiger partial charge in [-0.25, -0.2) is 0 Å². The molecule has 0 saturated heterocycles. The normalized spacial score (nSPS) is 41.9. The fourth-order valence-electron chi connectivity index (χ4n) is 5.72. The molecule has 4 fully saturated rings. The lowest BCUT2D eigenvalue weighted by Gasteiger charge is -2.64. The predicted molar refractivity (Wildman–Crippen MR) is 81.7 cm³/mol. The van der Waals surface area contributed by atoms with E-state index in [0.717, 1.165) is 6.42 Å².